The second-order valence-corrected chi connectivity index (χ2v) is 7.45. The molecule has 5 heteroatoms. The molecule has 1 amide bonds. The van der Waals surface area contributed by atoms with Gasteiger partial charge in [0.05, 0.1) is 0 Å². The third-order valence-electron chi connectivity index (χ3n) is 5.87. The van der Waals surface area contributed by atoms with Crippen molar-refractivity contribution in [3.63, 3.8) is 0 Å². The van der Waals surface area contributed by atoms with E-state index in [4.69, 9.17) is 0 Å². The van der Waals surface area contributed by atoms with Crippen molar-refractivity contribution in [2.45, 2.75) is 57.4 Å². The summed E-state index contributed by atoms with van der Waals surface area (Å²) in [6, 6.07) is 0. The van der Waals surface area contributed by atoms with E-state index in [1.54, 1.807) is 0 Å². The van der Waals surface area contributed by atoms with Crippen molar-refractivity contribution in [3.8, 4) is 0 Å². The maximum absolute atomic E-state index is 12.6. The number of rotatable bonds is 3. The van der Waals surface area contributed by atoms with Crippen molar-refractivity contribution in [1.82, 2.24) is 10.6 Å². The molecule has 3 N–H and O–H groups in total. The number of carboxylic acid groups (broad SMARTS) is 1. The van der Waals surface area contributed by atoms with Gasteiger partial charge in [-0.05, 0) is 56.5 Å². The van der Waals surface area contributed by atoms with E-state index in [1.807, 2.05) is 0 Å². The second kappa shape index (κ2) is 5.27. The van der Waals surface area contributed by atoms with Gasteiger partial charge in [-0.3, -0.25) is 4.79 Å². The molecule has 0 aromatic carbocycles. The first kappa shape index (κ1) is 14.8. The summed E-state index contributed by atoms with van der Waals surface area (Å²) in [4.78, 5) is 24.3. The van der Waals surface area contributed by atoms with Gasteiger partial charge in [-0.25, -0.2) is 4.79 Å². The molecule has 3 fully saturated rings. The fraction of sp³-hybridized carbons (Fsp3) is 0.875. The first-order chi connectivity index (χ1) is 9.97. The van der Waals surface area contributed by atoms with Gasteiger partial charge < -0.3 is 15.7 Å². The second-order valence-electron chi connectivity index (χ2n) is 7.45. The Bertz CT molecular complexity index is 445. The lowest BCUT2D eigenvalue weighted by atomic mass is 9.76. The van der Waals surface area contributed by atoms with E-state index in [-0.39, 0.29) is 17.2 Å². The third kappa shape index (κ3) is 2.68. The maximum atomic E-state index is 12.6. The van der Waals surface area contributed by atoms with Gasteiger partial charge in [0.15, 0.2) is 0 Å². The highest BCUT2D eigenvalue weighted by atomic mass is 16.4. The number of carbonyl (C=O) groups excluding carboxylic acids is 1. The Morgan fingerprint density at radius 3 is 2.52 bits per heavy atom. The largest absolute Gasteiger partial charge is 0.480 e. The van der Waals surface area contributed by atoms with E-state index in [9.17, 15) is 14.7 Å². The van der Waals surface area contributed by atoms with Crippen molar-refractivity contribution >= 4 is 11.9 Å². The van der Waals surface area contributed by atoms with Crippen LogP contribution in [0, 0.1) is 17.3 Å². The molecule has 5 nitrogen and oxygen atoms in total. The third-order valence-corrected chi connectivity index (χ3v) is 5.87. The predicted octanol–water partition coefficient (Wildman–Crippen LogP) is 1.53. The Balaban J connectivity index is 1.66. The number of hydrogen-bond acceptors (Lipinski definition) is 3. The van der Waals surface area contributed by atoms with Crippen LogP contribution in [0.15, 0.2) is 0 Å². The minimum atomic E-state index is -1.02. The molecular formula is C16H26N2O3. The van der Waals surface area contributed by atoms with Gasteiger partial charge in [0, 0.05) is 5.92 Å². The van der Waals surface area contributed by atoms with Crippen molar-refractivity contribution in [2.24, 2.45) is 17.3 Å². The van der Waals surface area contributed by atoms with E-state index in [2.05, 4.69) is 17.6 Å². The highest BCUT2D eigenvalue weighted by molar-refractivity contribution is 5.90. The minimum Gasteiger partial charge on any atom is -0.480 e. The van der Waals surface area contributed by atoms with E-state index < -0.39 is 11.5 Å². The monoisotopic (exact) mass is 294 g/mol. The number of amides is 1. The zero-order valence-corrected chi connectivity index (χ0v) is 12.8. The molecule has 0 bridgehead atoms. The van der Waals surface area contributed by atoms with Gasteiger partial charge in [-0.15, -0.1) is 0 Å². The Kier molecular flexibility index (Phi) is 3.72. The Morgan fingerprint density at radius 1 is 1.19 bits per heavy atom. The molecule has 1 saturated heterocycles. The molecule has 0 aromatic heterocycles. The molecule has 0 aromatic rings. The van der Waals surface area contributed by atoms with Crippen molar-refractivity contribution in [3.05, 3.63) is 0 Å². The van der Waals surface area contributed by atoms with Crippen molar-refractivity contribution in [1.29, 1.82) is 0 Å². The van der Waals surface area contributed by atoms with Gasteiger partial charge in [0.25, 0.3) is 0 Å². The number of hydrogen-bond donors (Lipinski definition) is 3. The summed E-state index contributed by atoms with van der Waals surface area (Å²) in [5.74, 6) is -0.480. The summed E-state index contributed by atoms with van der Waals surface area (Å²) in [5, 5.41) is 15.9. The summed E-state index contributed by atoms with van der Waals surface area (Å²) in [6.45, 7) is 4.03. The number of carbonyl (C=O) groups is 2. The average Bonchev–Trinajstić information content (AvgIpc) is 3.13. The summed E-state index contributed by atoms with van der Waals surface area (Å²) >= 11 is 0. The Labute approximate surface area is 125 Å². The molecule has 118 valence electrons. The van der Waals surface area contributed by atoms with E-state index >= 15 is 0 Å². The number of aliphatic carboxylic acids is 1. The molecule has 2 aliphatic carbocycles. The van der Waals surface area contributed by atoms with Crippen LogP contribution in [0.1, 0.15) is 51.9 Å². The normalized spacial score (nSPS) is 38.0. The molecule has 3 rings (SSSR count). The maximum Gasteiger partial charge on any atom is 0.329 e. The van der Waals surface area contributed by atoms with Crippen LogP contribution in [0.2, 0.25) is 0 Å². The predicted molar refractivity (Wildman–Crippen MR) is 78.8 cm³/mol. The minimum absolute atomic E-state index is 0.0200. The van der Waals surface area contributed by atoms with Crippen LogP contribution in [-0.2, 0) is 9.59 Å². The number of nitrogens with one attached hydrogen (secondary N) is 2. The lowest BCUT2D eigenvalue weighted by Gasteiger charge is -2.37. The van der Waals surface area contributed by atoms with Crippen LogP contribution in [0.25, 0.3) is 0 Å². The first-order valence-electron chi connectivity index (χ1n) is 8.24. The van der Waals surface area contributed by atoms with Gasteiger partial charge in [0.2, 0.25) is 5.91 Å². The molecule has 1 spiro atoms. The van der Waals surface area contributed by atoms with Crippen LogP contribution in [0.3, 0.4) is 0 Å². The van der Waals surface area contributed by atoms with Gasteiger partial charge in [-0.2, -0.15) is 0 Å². The zero-order valence-electron chi connectivity index (χ0n) is 12.8. The summed E-state index contributed by atoms with van der Waals surface area (Å²) < 4.78 is 0. The number of piperidine rings is 1. The van der Waals surface area contributed by atoms with Crippen molar-refractivity contribution < 1.29 is 14.7 Å². The number of carboxylic acids is 1. The van der Waals surface area contributed by atoms with Gasteiger partial charge in [0.1, 0.15) is 5.54 Å². The van der Waals surface area contributed by atoms with Crippen LogP contribution in [0.5, 0.6) is 0 Å². The highest BCUT2D eigenvalue weighted by Crippen LogP contribution is 2.58. The Hall–Kier alpha value is -1.10. The molecule has 21 heavy (non-hydrogen) atoms. The van der Waals surface area contributed by atoms with Gasteiger partial charge >= 0.3 is 5.97 Å². The molecule has 0 radical (unpaired) electrons. The summed E-state index contributed by atoms with van der Waals surface area (Å²) in [7, 11) is 0. The Morgan fingerprint density at radius 2 is 1.90 bits per heavy atom. The molecule has 2 saturated carbocycles. The molecule has 3 atom stereocenters. The smallest absolute Gasteiger partial charge is 0.329 e. The lowest BCUT2D eigenvalue weighted by Crippen LogP contribution is -2.57. The van der Waals surface area contributed by atoms with Crippen LogP contribution in [-0.4, -0.2) is 35.6 Å². The quantitative estimate of drug-likeness (QED) is 0.737. The summed E-state index contributed by atoms with van der Waals surface area (Å²) in [5.41, 5.74) is -0.860. The highest BCUT2D eigenvalue weighted by Gasteiger charge is 2.59. The molecular weight excluding hydrogens is 268 g/mol. The fourth-order valence-corrected chi connectivity index (χ4v) is 4.43. The summed E-state index contributed by atoms with van der Waals surface area (Å²) in [6.07, 6.45) is 6.10. The van der Waals surface area contributed by atoms with Crippen LogP contribution >= 0.6 is 0 Å². The lowest BCUT2D eigenvalue weighted by molar-refractivity contribution is -0.150. The van der Waals surface area contributed by atoms with E-state index in [0.29, 0.717) is 18.8 Å². The van der Waals surface area contributed by atoms with Crippen LogP contribution in [0.4, 0.5) is 0 Å². The molecule has 3 unspecified atom stereocenters. The molecule has 1 aliphatic heterocycles. The molecule has 1 heterocycles. The van der Waals surface area contributed by atoms with E-state index in [1.165, 1.54) is 0 Å². The zero-order chi connectivity index (χ0) is 15.1. The first-order valence-corrected chi connectivity index (χ1v) is 8.24. The van der Waals surface area contributed by atoms with E-state index in [0.717, 1.165) is 45.2 Å². The average molecular weight is 294 g/mol. The van der Waals surface area contributed by atoms with Gasteiger partial charge in [-0.1, -0.05) is 19.8 Å². The van der Waals surface area contributed by atoms with Crippen molar-refractivity contribution in [2.75, 3.05) is 13.1 Å². The van der Waals surface area contributed by atoms with Crippen LogP contribution < -0.4 is 10.6 Å². The fourth-order valence-electron chi connectivity index (χ4n) is 4.43. The standard InChI is InChI=1S/C16H26N2O3/c1-11-3-2-4-16(9-11,14(20)21)18-13(19)12-10-15(12)5-7-17-8-6-15/h11-12,17H,2-10H2,1H3,(H,18,19)(H,20,21). The SMILES string of the molecule is CC1CCCC(NC(=O)C2CC23CCNCC3)(C(=O)O)C1. The molecule has 3 aliphatic rings. The topological polar surface area (TPSA) is 78.4 Å².